The van der Waals surface area contributed by atoms with E-state index in [4.69, 9.17) is 4.42 Å². The van der Waals surface area contributed by atoms with Gasteiger partial charge in [0.15, 0.2) is 5.89 Å². The molecule has 33 heavy (non-hydrogen) atoms. The number of rotatable bonds is 7. The highest BCUT2D eigenvalue weighted by Crippen LogP contribution is 2.15. The minimum Gasteiger partial charge on any atom is -0.446 e. The van der Waals surface area contributed by atoms with Crippen molar-refractivity contribution in [2.75, 3.05) is 7.05 Å². The van der Waals surface area contributed by atoms with E-state index in [1.165, 1.54) is 5.56 Å². The summed E-state index contributed by atoms with van der Waals surface area (Å²) >= 11 is 0. The second-order valence-electron chi connectivity index (χ2n) is 8.64. The van der Waals surface area contributed by atoms with Crippen LogP contribution in [0, 0.1) is 31.6 Å². The van der Waals surface area contributed by atoms with Crippen LogP contribution in [0.3, 0.4) is 0 Å². The quantitative estimate of drug-likeness (QED) is 0.477. The fourth-order valence-corrected chi connectivity index (χ4v) is 3.80. The molecular formula is C28H30N2O3. The van der Waals surface area contributed by atoms with Gasteiger partial charge in [-0.3, -0.25) is 4.79 Å². The molecule has 0 saturated carbocycles. The zero-order valence-electron chi connectivity index (χ0n) is 19.9. The first-order valence-electron chi connectivity index (χ1n) is 11.1. The van der Waals surface area contributed by atoms with Crippen LogP contribution in [-0.4, -0.2) is 28.6 Å². The van der Waals surface area contributed by atoms with Crippen molar-refractivity contribution in [1.29, 1.82) is 0 Å². The zero-order valence-corrected chi connectivity index (χ0v) is 19.9. The Labute approximate surface area is 195 Å². The Hall–Kier alpha value is -3.65. The van der Waals surface area contributed by atoms with E-state index in [1.54, 1.807) is 31.9 Å². The molecule has 1 unspecified atom stereocenters. The van der Waals surface area contributed by atoms with E-state index in [9.17, 15) is 9.59 Å². The Bertz CT molecular complexity index is 1200. The van der Waals surface area contributed by atoms with Gasteiger partial charge in [-0.25, -0.2) is 4.98 Å². The minimum absolute atomic E-state index is 0.0947. The van der Waals surface area contributed by atoms with Crippen LogP contribution in [0.25, 0.3) is 0 Å². The van der Waals surface area contributed by atoms with E-state index in [2.05, 4.69) is 35.9 Å². The van der Waals surface area contributed by atoms with Crippen molar-refractivity contribution in [1.82, 2.24) is 9.88 Å². The molecule has 3 aromatic rings. The first kappa shape index (κ1) is 24.0. The number of carbonyl (C=O) groups excluding carboxylic acids is 2. The van der Waals surface area contributed by atoms with E-state index < -0.39 is 0 Å². The topological polar surface area (TPSA) is 63.4 Å². The molecule has 0 N–H and O–H groups in total. The first-order valence-corrected chi connectivity index (χ1v) is 11.1. The molecule has 170 valence electrons. The predicted octanol–water partition coefficient (Wildman–Crippen LogP) is 5.12. The van der Waals surface area contributed by atoms with Crippen LogP contribution in [0.4, 0.5) is 0 Å². The van der Waals surface area contributed by atoms with Crippen LogP contribution < -0.4 is 0 Å². The van der Waals surface area contributed by atoms with Crippen LogP contribution in [0.15, 0.2) is 52.9 Å². The molecule has 0 bridgehead atoms. The van der Waals surface area contributed by atoms with Crippen molar-refractivity contribution >= 4 is 11.7 Å². The maximum Gasteiger partial charge on any atom is 0.253 e. The molecule has 0 spiro atoms. The number of nitrogens with zero attached hydrogens (tertiary/aromatic N) is 2. The van der Waals surface area contributed by atoms with Crippen LogP contribution in [0.1, 0.15) is 64.7 Å². The monoisotopic (exact) mass is 442 g/mol. The van der Waals surface area contributed by atoms with Crippen LogP contribution >= 0.6 is 0 Å². The van der Waals surface area contributed by atoms with Gasteiger partial charge in [-0.05, 0) is 62.1 Å². The summed E-state index contributed by atoms with van der Waals surface area (Å²) in [5.41, 5.74) is 4.23. The maximum absolute atomic E-state index is 12.9. The maximum atomic E-state index is 12.9. The molecule has 5 heteroatoms. The number of Topliss-reactive ketones (excluding diaryl/α,β-unsaturated/α-hetero) is 1. The highest BCUT2D eigenvalue weighted by atomic mass is 16.4. The van der Waals surface area contributed by atoms with Gasteiger partial charge in [0.25, 0.3) is 5.91 Å². The number of ketones is 1. The number of amides is 1. The Morgan fingerprint density at radius 1 is 1.06 bits per heavy atom. The second kappa shape index (κ2) is 10.8. The highest BCUT2D eigenvalue weighted by molar-refractivity contribution is 5.94. The summed E-state index contributed by atoms with van der Waals surface area (Å²) in [5, 5.41) is 0. The Morgan fingerprint density at radius 3 is 2.39 bits per heavy atom. The molecular weight excluding hydrogens is 412 g/mol. The average Bonchev–Trinajstić information content (AvgIpc) is 3.08. The lowest BCUT2D eigenvalue weighted by molar-refractivity contribution is -0.117. The normalized spacial score (nSPS) is 11.4. The molecule has 1 heterocycles. The number of hydrogen-bond acceptors (Lipinski definition) is 4. The minimum atomic E-state index is -0.0947. The van der Waals surface area contributed by atoms with Gasteiger partial charge in [0.1, 0.15) is 17.2 Å². The lowest BCUT2D eigenvalue weighted by Crippen LogP contribution is -2.26. The zero-order chi connectivity index (χ0) is 24.0. The fourth-order valence-electron chi connectivity index (χ4n) is 3.80. The third kappa shape index (κ3) is 6.92. The van der Waals surface area contributed by atoms with E-state index >= 15 is 0 Å². The van der Waals surface area contributed by atoms with Gasteiger partial charge in [-0.15, -0.1) is 0 Å². The predicted molar refractivity (Wildman–Crippen MR) is 129 cm³/mol. The third-order valence-electron chi connectivity index (χ3n) is 5.37. The Balaban J connectivity index is 1.66. The summed E-state index contributed by atoms with van der Waals surface area (Å²) in [7, 11) is 1.75. The summed E-state index contributed by atoms with van der Waals surface area (Å²) in [6.45, 7) is 7.75. The molecule has 0 aliphatic heterocycles. The van der Waals surface area contributed by atoms with Crippen molar-refractivity contribution < 1.29 is 14.0 Å². The number of aromatic nitrogens is 1. The van der Waals surface area contributed by atoms with Gasteiger partial charge in [0.05, 0.1) is 6.54 Å². The molecule has 3 rings (SSSR count). The number of oxazole rings is 1. The van der Waals surface area contributed by atoms with Gasteiger partial charge < -0.3 is 14.1 Å². The SMILES string of the molecule is CC(=O)CC(C)Cc1ccc(C#Cc2cccc(C(=O)N(C)Cc3nc(C)oc3C)c2)cc1. The molecule has 5 nitrogen and oxygen atoms in total. The molecule has 0 aliphatic carbocycles. The summed E-state index contributed by atoms with van der Waals surface area (Å²) in [5.74, 6) is 8.10. The van der Waals surface area contributed by atoms with Crippen molar-refractivity contribution in [3.8, 4) is 11.8 Å². The smallest absolute Gasteiger partial charge is 0.253 e. The van der Waals surface area contributed by atoms with Crippen molar-refractivity contribution in [3.05, 3.63) is 88.1 Å². The first-order chi connectivity index (χ1) is 15.7. The van der Waals surface area contributed by atoms with Gasteiger partial charge in [0, 0.05) is 37.1 Å². The summed E-state index contributed by atoms with van der Waals surface area (Å²) in [6, 6.07) is 15.4. The lowest BCUT2D eigenvalue weighted by atomic mass is 9.96. The highest BCUT2D eigenvalue weighted by Gasteiger charge is 2.16. The standard InChI is InChI=1S/C28H30N2O3/c1-19(15-20(2)31)16-25-13-10-23(11-14-25)9-12-24-7-6-8-26(17-24)28(32)30(5)18-27-21(3)33-22(4)29-27/h6-8,10-11,13-14,17,19H,15-16,18H2,1-5H3. The van der Waals surface area contributed by atoms with Crippen LogP contribution in [-0.2, 0) is 17.8 Å². The molecule has 1 amide bonds. The van der Waals surface area contributed by atoms with E-state index in [-0.39, 0.29) is 11.7 Å². The number of benzene rings is 2. The van der Waals surface area contributed by atoms with Crippen molar-refractivity contribution in [2.45, 2.75) is 47.1 Å². The number of aryl methyl sites for hydroxylation is 2. The lowest BCUT2D eigenvalue weighted by Gasteiger charge is -2.16. The van der Waals surface area contributed by atoms with E-state index in [0.29, 0.717) is 30.3 Å². The number of carbonyl (C=O) groups is 2. The largest absolute Gasteiger partial charge is 0.446 e. The Kier molecular flexibility index (Phi) is 7.84. The molecule has 1 aromatic heterocycles. The summed E-state index contributed by atoms with van der Waals surface area (Å²) in [4.78, 5) is 30.1. The van der Waals surface area contributed by atoms with E-state index in [1.807, 2.05) is 37.3 Å². The Morgan fingerprint density at radius 2 is 1.76 bits per heavy atom. The van der Waals surface area contributed by atoms with E-state index in [0.717, 1.165) is 29.0 Å². The summed E-state index contributed by atoms with van der Waals surface area (Å²) in [6.07, 6.45) is 1.47. The molecule has 2 aromatic carbocycles. The van der Waals surface area contributed by atoms with Gasteiger partial charge in [0.2, 0.25) is 0 Å². The molecule has 0 aliphatic rings. The van der Waals surface area contributed by atoms with Crippen molar-refractivity contribution in [2.24, 2.45) is 5.92 Å². The van der Waals surface area contributed by atoms with Gasteiger partial charge in [-0.2, -0.15) is 0 Å². The van der Waals surface area contributed by atoms with Crippen LogP contribution in [0.5, 0.6) is 0 Å². The average molecular weight is 443 g/mol. The molecule has 0 fully saturated rings. The third-order valence-corrected chi connectivity index (χ3v) is 5.37. The van der Waals surface area contributed by atoms with Crippen molar-refractivity contribution in [3.63, 3.8) is 0 Å². The fraction of sp³-hybridized carbons (Fsp3) is 0.321. The van der Waals surface area contributed by atoms with Crippen LogP contribution in [0.2, 0.25) is 0 Å². The van der Waals surface area contributed by atoms with Gasteiger partial charge in [-0.1, -0.05) is 37.0 Å². The number of hydrogen-bond donors (Lipinski definition) is 0. The molecule has 0 saturated heterocycles. The molecule has 1 atom stereocenters. The second-order valence-corrected chi connectivity index (χ2v) is 8.64. The summed E-state index contributed by atoms with van der Waals surface area (Å²) < 4.78 is 5.45. The molecule has 0 radical (unpaired) electrons. The van der Waals surface area contributed by atoms with Gasteiger partial charge >= 0.3 is 0 Å².